The van der Waals surface area contributed by atoms with Crippen LogP contribution < -0.4 is 4.90 Å². The topological polar surface area (TPSA) is 56.7 Å². The Morgan fingerprint density at radius 3 is 2.77 bits per heavy atom. The summed E-state index contributed by atoms with van der Waals surface area (Å²) in [5.74, 6) is 0.920. The van der Waals surface area contributed by atoms with Crippen LogP contribution >= 0.6 is 0 Å². The predicted molar refractivity (Wildman–Crippen MR) is 101 cm³/mol. The molecule has 2 aliphatic rings. The molecule has 0 spiro atoms. The number of piperazine rings is 1. The molecule has 1 aromatic heterocycles. The van der Waals surface area contributed by atoms with Crippen LogP contribution in [0.25, 0.3) is 0 Å². The second-order valence-electron chi connectivity index (χ2n) is 6.93. The van der Waals surface area contributed by atoms with Gasteiger partial charge >= 0.3 is 0 Å². The number of hydrogen-bond donors (Lipinski definition) is 1. The molecule has 2 atom stereocenters. The number of aryl methyl sites for hydroxylation is 1. The number of hydrogen-bond acceptors (Lipinski definition) is 5. The Labute approximate surface area is 153 Å². The molecular formula is C21H23N3O2. The van der Waals surface area contributed by atoms with Gasteiger partial charge in [0, 0.05) is 43.1 Å². The third-order valence-electron chi connectivity index (χ3n) is 5.32. The van der Waals surface area contributed by atoms with Crippen molar-refractivity contribution >= 4 is 11.6 Å². The molecule has 26 heavy (non-hydrogen) atoms. The number of phenolic OH excluding ortho intramolecular Hbond substituents is 1. The lowest BCUT2D eigenvalue weighted by Gasteiger charge is -2.34. The number of aromatic hydroxyl groups is 1. The Bertz CT molecular complexity index is 849. The second-order valence-corrected chi connectivity index (χ2v) is 6.93. The first-order chi connectivity index (χ1) is 12.7. The highest BCUT2D eigenvalue weighted by atomic mass is 16.3. The first kappa shape index (κ1) is 16.6. The van der Waals surface area contributed by atoms with Crippen molar-refractivity contribution in [1.82, 2.24) is 9.88 Å². The van der Waals surface area contributed by atoms with Gasteiger partial charge in [0.05, 0.1) is 5.56 Å². The molecule has 5 nitrogen and oxygen atoms in total. The van der Waals surface area contributed by atoms with Crippen molar-refractivity contribution in [3.8, 4) is 5.75 Å². The van der Waals surface area contributed by atoms with Crippen molar-refractivity contribution in [3.63, 3.8) is 0 Å². The zero-order chi connectivity index (χ0) is 18.1. The maximum Gasteiger partial charge on any atom is 0.190 e. The largest absolute Gasteiger partial charge is 0.507 e. The number of aromatic nitrogens is 1. The van der Waals surface area contributed by atoms with Gasteiger partial charge in [-0.15, -0.1) is 0 Å². The quantitative estimate of drug-likeness (QED) is 0.664. The smallest absolute Gasteiger partial charge is 0.190 e. The van der Waals surface area contributed by atoms with E-state index in [1.807, 2.05) is 6.20 Å². The lowest BCUT2D eigenvalue weighted by atomic mass is 10.1. The first-order valence-corrected chi connectivity index (χ1v) is 9.14. The zero-order valence-corrected chi connectivity index (χ0v) is 14.9. The van der Waals surface area contributed by atoms with Crippen LogP contribution in [-0.4, -0.2) is 45.9 Å². The number of para-hydroxylation sites is 1. The molecule has 4 rings (SSSR count). The van der Waals surface area contributed by atoms with Crippen molar-refractivity contribution in [2.45, 2.75) is 31.8 Å². The molecule has 2 aliphatic heterocycles. The van der Waals surface area contributed by atoms with Gasteiger partial charge in [0.15, 0.2) is 5.78 Å². The fourth-order valence-electron chi connectivity index (χ4n) is 3.92. The van der Waals surface area contributed by atoms with Crippen LogP contribution in [0, 0.1) is 0 Å². The number of anilines is 1. The minimum atomic E-state index is -0.167. The van der Waals surface area contributed by atoms with Crippen LogP contribution in [0.1, 0.15) is 29.4 Å². The number of benzene rings is 1. The standard InChI is InChI=1S/C21H23N3O2/c1-2-15-6-5-9-21(22-15)24-14-16-12-17(24)13-23(16)11-10-20(26)18-7-3-4-8-19(18)25/h3-11,16-17,25H,2,12-14H2,1H3/b11-10+/t16-,17-/m1/s1. The Morgan fingerprint density at radius 2 is 2.04 bits per heavy atom. The number of allylic oxidation sites excluding steroid dienone is 1. The van der Waals surface area contributed by atoms with E-state index in [1.54, 1.807) is 24.3 Å². The summed E-state index contributed by atoms with van der Waals surface area (Å²) in [7, 11) is 0. The van der Waals surface area contributed by atoms with Gasteiger partial charge in [0.25, 0.3) is 0 Å². The first-order valence-electron chi connectivity index (χ1n) is 9.14. The average Bonchev–Trinajstić information content (AvgIpc) is 3.27. The fraction of sp³-hybridized carbons (Fsp3) is 0.333. The van der Waals surface area contributed by atoms with Crippen LogP contribution in [0.5, 0.6) is 5.75 Å². The molecule has 2 aromatic rings. The molecule has 3 heterocycles. The molecule has 0 saturated carbocycles. The Balaban J connectivity index is 1.42. The molecule has 0 aliphatic carbocycles. The Morgan fingerprint density at radius 1 is 1.19 bits per heavy atom. The van der Waals surface area contributed by atoms with E-state index in [0.29, 0.717) is 17.6 Å². The molecule has 1 N–H and O–H groups in total. The maximum atomic E-state index is 12.3. The molecule has 1 aromatic carbocycles. The minimum Gasteiger partial charge on any atom is -0.507 e. The van der Waals surface area contributed by atoms with E-state index in [4.69, 9.17) is 4.98 Å². The summed E-state index contributed by atoms with van der Waals surface area (Å²) in [4.78, 5) is 21.7. The summed E-state index contributed by atoms with van der Waals surface area (Å²) in [6, 6.07) is 13.7. The fourth-order valence-corrected chi connectivity index (χ4v) is 3.92. The minimum absolute atomic E-state index is 0.0261. The van der Waals surface area contributed by atoms with E-state index in [9.17, 15) is 9.90 Å². The number of carbonyl (C=O) groups excluding carboxylic acids is 1. The highest BCUT2D eigenvalue weighted by Crippen LogP contribution is 2.34. The number of rotatable bonds is 5. The number of phenols is 1. The van der Waals surface area contributed by atoms with Gasteiger partial charge in [0.2, 0.25) is 0 Å². The monoisotopic (exact) mass is 349 g/mol. The SMILES string of the molecule is CCc1cccc(N2C[C@H]3C[C@@H]2CN3/C=C/C(=O)c2ccccc2O)n1. The van der Waals surface area contributed by atoms with Crippen LogP contribution in [0.15, 0.2) is 54.7 Å². The second kappa shape index (κ2) is 6.83. The molecule has 0 amide bonds. The van der Waals surface area contributed by atoms with E-state index < -0.39 is 0 Å². The molecule has 134 valence electrons. The molecule has 0 radical (unpaired) electrons. The van der Waals surface area contributed by atoms with Gasteiger partial charge in [-0.2, -0.15) is 0 Å². The third-order valence-corrected chi connectivity index (χ3v) is 5.32. The lowest BCUT2D eigenvalue weighted by Crippen LogP contribution is -2.44. The Hall–Kier alpha value is -2.82. The third kappa shape index (κ3) is 3.05. The van der Waals surface area contributed by atoms with Gasteiger partial charge < -0.3 is 14.9 Å². The van der Waals surface area contributed by atoms with E-state index in [-0.39, 0.29) is 11.5 Å². The van der Waals surface area contributed by atoms with Crippen molar-refractivity contribution in [3.05, 3.63) is 66.0 Å². The van der Waals surface area contributed by atoms with Crippen LogP contribution in [0.2, 0.25) is 0 Å². The number of pyridine rings is 1. The molecule has 5 heteroatoms. The molecular weight excluding hydrogens is 326 g/mol. The maximum absolute atomic E-state index is 12.3. The summed E-state index contributed by atoms with van der Waals surface area (Å²) in [5.41, 5.74) is 1.46. The van der Waals surface area contributed by atoms with Crippen LogP contribution in [0.3, 0.4) is 0 Å². The number of carbonyl (C=O) groups is 1. The van der Waals surface area contributed by atoms with E-state index in [2.05, 4.69) is 34.9 Å². The summed E-state index contributed by atoms with van der Waals surface area (Å²) in [5, 5.41) is 9.80. The zero-order valence-electron chi connectivity index (χ0n) is 14.9. The summed E-state index contributed by atoms with van der Waals surface area (Å²) < 4.78 is 0. The van der Waals surface area contributed by atoms with Gasteiger partial charge in [-0.25, -0.2) is 4.98 Å². The van der Waals surface area contributed by atoms with Gasteiger partial charge in [-0.05, 0) is 37.1 Å². The van der Waals surface area contributed by atoms with Gasteiger partial charge in [-0.3, -0.25) is 4.79 Å². The molecule has 0 unspecified atom stereocenters. The summed E-state index contributed by atoms with van der Waals surface area (Å²) in [6.45, 7) is 3.95. The van der Waals surface area contributed by atoms with Gasteiger partial charge in [0.1, 0.15) is 11.6 Å². The lowest BCUT2D eigenvalue weighted by molar-refractivity contribution is 0.104. The number of likely N-dealkylation sites (tertiary alicyclic amines) is 1. The van der Waals surface area contributed by atoms with E-state index in [0.717, 1.165) is 37.4 Å². The van der Waals surface area contributed by atoms with Crippen molar-refractivity contribution < 1.29 is 9.90 Å². The number of fused-ring (bicyclic) bond motifs is 2. The Kier molecular flexibility index (Phi) is 4.37. The number of nitrogens with zero attached hydrogens (tertiary/aromatic N) is 3. The highest BCUT2D eigenvalue weighted by Gasteiger charge is 2.42. The predicted octanol–water partition coefficient (Wildman–Crippen LogP) is 3.01. The summed E-state index contributed by atoms with van der Waals surface area (Å²) in [6.07, 6.45) is 5.48. The van der Waals surface area contributed by atoms with Crippen LogP contribution in [0.4, 0.5) is 5.82 Å². The van der Waals surface area contributed by atoms with Gasteiger partial charge in [-0.1, -0.05) is 25.1 Å². The molecule has 2 bridgehead atoms. The molecule has 2 fully saturated rings. The van der Waals surface area contributed by atoms with Crippen molar-refractivity contribution in [1.29, 1.82) is 0 Å². The van der Waals surface area contributed by atoms with E-state index in [1.165, 1.54) is 6.07 Å². The van der Waals surface area contributed by atoms with Crippen molar-refractivity contribution in [2.24, 2.45) is 0 Å². The highest BCUT2D eigenvalue weighted by molar-refractivity contribution is 6.06. The van der Waals surface area contributed by atoms with Crippen molar-refractivity contribution in [2.75, 3.05) is 18.0 Å². The number of ketones is 1. The molecule has 2 saturated heterocycles. The van der Waals surface area contributed by atoms with E-state index >= 15 is 0 Å². The van der Waals surface area contributed by atoms with Crippen LogP contribution in [-0.2, 0) is 6.42 Å². The average molecular weight is 349 g/mol. The summed E-state index contributed by atoms with van der Waals surface area (Å²) >= 11 is 0. The normalized spacial score (nSPS) is 21.7.